The molecule has 1 aliphatic carbocycles. The monoisotopic (exact) mass is 384 g/mol. The Labute approximate surface area is 169 Å². The summed E-state index contributed by atoms with van der Waals surface area (Å²) in [4.78, 5) is 17.5. The van der Waals surface area contributed by atoms with Crippen molar-refractivity contribution in [3.8, 4) is 0 Å². The smallest absolute Gasteiger partial charge is 0.274 e. The molecule has 0 N–H and O–H groups in total. The lowest BCUT2D eigenvalue weighted by Crippen LogP contribution is -2.64. The molecule has 3 aliphatic rings. The Morgan fingerprint density at radius 3 is 2.82 bits per heavy atom. The molecule has 0 saturated carbocycles. The van der Waals surface area contributed by atoms with Gasteiger partial charge in [-0.2, -0.15) is 5.10 Å². The number of hydrogen-bond donors (Lipinski definition) is 0. The maximum Gasteiger partial charge on any atom is 0.274 e. The molecule has 154 valence electrons. The van der Waals surface area contributed by atoms with Crippen molar-refractivity contribution in [3.63, 3.8) is 0 Å². The first kappa shape index (κ1) is 19.7. The maximum atomic E-state index is 12.8. The number of likely N-dealkylation sites (tertiary alicyclic amines) is 2. The molecular formula is C23H36N4O. The third kappa shape index (κ3) is 3.66. The van der Waals surface area contributed by atoms with Crippen LogP contribution in [0.2, 0.25) is 0 Å². The second-order valence-electron chi connectivity index (χ2n) is 9.67. The van der Waals surface area contributed by atoms with Crippen LogP contribution >= 0.6 is 0 Å². The quantitative estimate of drug-likeness (QED) is 0.722. The van der Waals surface area contributed by atoms with Gasteiger partial charge in [0.2, 0.25) is 0 Å². The van der Waals surface area contributed by atoms with Gasteiger partial charge in [0.15, 0.2) is 0 Å². The Bertz CT molecular complexity index is 762. The van der Waals surface area contributed by atoms with Crippen LogP contribution in [0.5, 0.6) is 0 Å². The summed E-state index contributed by atoms with van der Waals surface area (Å²) in [6, 6.07) is 2.53. The van der Waals surface area contributed by atoms with Gasteiger partial charge in [-0.3, -0.25) is 14.4 Å². The summed E-state index contributed by atoms with van der Waals surface area (Å²) in [5.74, 6) is 0.745. The van der Waals surface area contributed by atoms with E-state index in [0.717, 1.165) is 32.6 Å². The van der Waals surface area contributed by atoms with Crippen molar-refractivity contribution < 1.29 is 4.79 Å². The van der Waals surface area contributed by atoms with Crippen LogP contribution in [-0.2, 0) is 6.54 Å². The SMILES string of the molecule is CCn1ccc(C(=O)N2CC[C@H]3[C@@H](C2)CN3CCC2=C(C)CCCC2(C)C)n1. The van der Waals surface area contributed by atoms with Gasteiger partial charge in [0, 0.05) is 50.9 Å². The maximum absolute atomic E-state index is 12.8. The fourth-order valence-corrected chi connectivity index (χ4v) is 5.72. The lowest BCUT2D eigenvalue weighted by Gasteiger charge is -2.53. The molecule has 2 atom stereocenters. The second-order valence-corrected chi connectivity index (χ2v) is 9.67. The normalized spacial score (nSPS) is 27.5. The Morgan fingerprint density at radius 1 is 1.32 bits per heavy atom. The van der Waals surface area contributed by atoms with Crippen LogP contribution in [0.25, 0.3) is 0 Å². The Hall–Kier alpha value is -1.62. The first-order valence-electron chi connectivity index (χ1n) is 11.1. The van der Waals surface area contributed by atoms with E-state index < -0.39 is 0 Å². The number of allylic oxidation sites excluding steroid dienone is 1. The van der Waals surface area contributed by atoms with E-state index in [2.05, 4.69) is 30.8 Å². The molecule has 0 radical (unpaired) electrons. The largest absolute Gasteiger partial charge is 0.337 e. The van der Waals surface area contributed by atoms with Gasteiger partial charge in [-0.05, 0) is 57.4 Å². The van der Waals surface area contributed by atoms with E-state index in [0.29, 0.717) is 23.1 Å². The van der Waals surface area contributed by atoms with E-state index in [1.54, 1.807) is 11.1 Å². The van der Waals surface area contributed by atoms with Crippen molar-refractivity contribution >= 4 is 5.91 Å². The van der Waals surface area contributed by atoms with Gasteiger partial charge in [-0.15, -0.1) is 0 Å². The number of rotatable bonds is 5. The zero-order valence-corrected chi connectivity index (χ0v) is 18.1. The molecule has 1 amide bonds. The van der Waals surface area contributed by atoms with E-state index >= 15 is 0 Å². The van der Waals surface area contributed by atoms with E-state index in [1.165, 1.54) is 32.2 Å². The number of fused-ring (bicyclic) bond motifs is 1. The van der Waals surface area contributed by atoms with Crippen LogP contribution in [0.1, 0.15) is 70.3 Å². The number of aromatic nitrogens is 2. The molecule has 2 saturated heterocycles. The molecule has 5 nitrogen and oxygen atoms in total. The Morgan fingerprint density at radius 2 is 2.14 bits per heavy atom. The number of carbonyl (C=O) groups excluding carboxylic acids is 1. The fourth-order valence-electron chi connectivity index (χ4n) is 5.72. The van der Waals surface area contributed by atoms with Gasteiger partial charge in [-0.1, -0.05) is 25.0 Å². The molecule has 28 heavy (non-hydrogen) atoms. The zero-order chi connectivity index (χ0) is 19.9. The molecule has 5 heteroatoms. The molecule has 1 aromatic heterocycles. The second kappa shape index (κ2) is 7.66. The first-order valence-corrected chi connectivity index (χ1v) is 11.1. The molecule has 0 unspecified atom stereocenters. The van der Waals surface area contributed by atoms with Gasteiger partial charge in [0.25, 0.3) is 5.91 Å². The van der Waals surface area contributed by atoms with Crippen molar-refractivity contribution in [2.75, 3.05) is 26.2 Å². The molecule has 1 aromatic rings. The highest BCUT2D eigenvalue weighted by Crippen LogP contribution is 2.42. The van der Waals surface area contributed by atoms with Crippen LogP contribution in [0.4, 0.5) is 0 Å². The number of piperidine rings is 1. The summed E-state index contributed by atoms with van der Waals surface area (Å²) in [7, 11) is 0. The topological polar surface area (TPSA) is 41.4 Å². The van der Waals surface area contributed by atoms with E-state index in [4.69, 9.17) is 0 Å². The summed E-state index contributed by atoms with van der Waals surface area (Å²) in [5.41, 5.74) is 4.32. The average molecular weight is 385 g/mol. The third-order valence-corrected chi connectivity index (χ3v) is 7.44. The highest BCUT2D eigenvalue weighted by atomic mass is 16.2. The summed E-state index contributed by atoms with van der Waals surface area (Å²) < 4.78 is 1.83. The van der Waals surface area contributed by atoms with Crippen LogP contribution < -0.4 is 0 Å². The van der Waals surface area contributed by atoms with E-state index in [-0.39, 0.29) is 5.91 Å². The third-order valence-electron chi connectivity index (χ3n) is 7.44. The number of nitrogens with zero attached hydrogens (tertiary/aromatic N) is 4. The average Bonchev–Trinajstić information content (AvgIpc) is 3.12. The highest BCUT2D eigenvalue weighted by Gasteiger charge is 2.43. The molecular weight excluding hydrogens is 348 g/mol. The van der Waals surface area contributed by atoms with Crippen molar-refractivity contribution in [1.82, 2.24) is 19.6 Å². The molecule has 4 rings (SSSR count). The molecule has 0 spiro atoms. The van der Waals surface area contributed by atoms with Crippen LogP contribution in [0.15, 0.2) is 23.4 Å². The summed E-state index contributed by atoms with van der Waals surface area (Å²) in [6.07, 6.45) is 8.18. The van der Waals surface area contributed by atoms with Crippen LogP contribution in [-0.4, -0.2) is 57.7 Å². The molecule has 0 bridgehead atoms. The van der Waals surface area contributed by atoms with Crippen molar-refractivity contribution in [3.05, 3.63) is 29.1 Å². The lowest BCUT2D eigenvalue weighted by atomic mass is 9.71. The van der Waals surface area contributed by atoms with Gasteiger partial charge < -0.3 is 4.90 Å². The number of amides is 1. The van der Waals surface area contributed by atoms with Gasteiger partial charge in [0.05, 0.1) is 0 Å². The minimum atomic E-state index is 0.105. The van der Waals surface area contributed by atoms with E-state index in [9.17, 15) is 4.79 Å². The van der Waals surface area contributed by atoms with Crippen molar-refractivity contribution in [2.45, 2.75) is 72.4 Å². The predicted molar refractivity (Wildman–Crippen MR) is 112 cm³/mol. The van der Waals surface area contributed by atoms with Gasteiger partial charge in [-0.25, -0.2) is 0 Å². The fraction of sp³-hybridized carbons (Fsp3) is 0.739. The zero-order valence-electron chi connectivity index (χ0n) is 18.1. The van der Waals surface area contributed by atoms with Crippen molar-refractivity contribution in [1.29, 1.82) is 0 Å². The predicted octanol–water partition coefficient (Wildman–Crippen LogP) is 3.97. The number of hydrogen-bond acceptors (Lipinski definition) is 3. The molecule has 0 aromatic carbocycles. The number of carbonyl (C=O) groups is 1. The van der Waals surface area contributed by atoms with Crippen LogP contribution in [0.3, 0.4) is 0 Å². The minimum absolute atomic E-state index is 0.105. The Kier molecular flexibility index (Phi) is 5.38. The summed E-state index contributed by atoms with van der Waals surface area (Å²) in [5, 5.41) is 4.39. The number of aryl methyl sites for hydroxylation is 1. The van der Waals surface area contributed by atoms with Crippen LogP contribution in [0, 0.1) is 11.3 Å². The van der Waals surface area contributed by atoms with Gasteiger partial charge in [0.1, 0.15) is 5.69 Å². The molecule has 3 heterocycles. The van der Waals surface area contributed by atoms with E-state index in [1.807, 2.05) is 28.8 Å². The van der Waals surface area contributed by atoms with Crippen molar-refractivity contribution in [2.24, 2.45) is 11.3 Å². The highest BCUT2D eigenvalue weighted by molar-refractivity contribution is 5.92. The Balaban J connectivity index is 1.30. The molecule has 2 fully saturated rings. The molecule has 2 aliphatic heterocycles. The van der Waals surface area contributed by atoms with Gasteiger partial charge >= 0.3 is 0 Å². The lowest BCUT2D eigenvalue weighted by molar-refractivity contribution is -0.0366. The minimum Gasteiger partial charge on any atom is -0.337 e. The summed E-state index contributed by atoms with van der Waals surface area (Å²) >= 11 is 0. The summed E-state index contributed by atoms with van der Waals surface area (Å²) in [6.45, 7) is 14.1. The first-order chi connectivity index (χ1) is 13.4. The standard InChI is InChI=1S/C23H36N4O/c1-5-27-14-9-20(24-27)22(28)26-13-10-21-18(16-26)15-25(21)12-8-19-17(2)7-6-11-23(19,3)4/h9,14,18,21H,5-8,10-13,15-16H2,1-4H3/t18-,21+/m1/s1.